The highest BCUT2D eigenvalue weighted by atomic mass is 19.1. The van der Waals surface area contributed by atoms with Crippen LogP contribution >= 0.6 is 0 Å². The molecule has 0 atom stereocenters. The van der Waals surface area contributed by atoms with E-state index in [9.17, 15) is 64.7 Å². The number of carboxylic acids is 2. The van der Waals surface area contributed by atoms with Crippen molar-refractivity contribution >= 4 is 47.6 Å². The van der Waals surface area contributed by atoms with Crippen molar-refractivity contribution in [1.82, 2.24) is 60.6 Å². The smallest absolute Gasteiger partial charge is 0.407 e. The molecular weight excluding hydrogens is 1480 g/mol. The van der Waals surface area contributed by atoms with Crippen LogP contribution in [0.15, 0.2) is 159 Å². The number of ether oxygens (including phenoxy) is 2. The molecule has 4 aliphatic heterocycles. The molecule has 4 saturated heterocycles. The van der Waals surface area contributed by atoms with E-state index in [2.05, 4.69) is 45.9 Å². The van der Waals surface area contributed by atoms with Crippen molar-refractivity contribution in [2.75, 3.05) is 72.0 Å². The van der Waals surface area contributed by atoms with Crippen molar-refractivity contribution in [3.05, 3.63) is 227 Å². The first-order valence-corrected chi connectivity index (χ1v) is 37.4. The van der Waals surface area contributed by atoms with Crippen LogP contribution in [-0.4, -0.2) is 186 Å². The minimum absolute atomic E-state index is 0.0903. The highest BCUT2D eigenvalue weighted by Gasteiger charge is 2.29. The van der Waals surface area contributed by atoms with Gasteiger partial charge in [-0.2, -0.15) is 13.2 Å². The third-order valence-electron chi connectivity index (χ3n) is 18.3. The maximum absolute atomic E-state index is 13.4. The number of amides is 5. The Balaban J connectivity index is 0.000000197. The summed E-state index contributed by atoms with van der Waals surface area (Å²) in [5.41, 5.74) is 8.52. The summed E-state index contributed by atoms with van der Waals surface area (Å²) in [6.07, 6.45) is 17.1. The summed E-state index contributed by atoms with van der Waals surface area (Å²) in [4.78, 5) is 120. The second kappa shape index (κ2) is 44.6. The molecule has 0 radical (unpaired) electrons. The van der Waals surface area contributed by atoms with Crippen molar-refractivity contribution < 1.29 is 84.4 Å². The number of rotatable bonds is 16. The molecule has 114 heavy (non-hydrogen) atoms. The maximum atomic E-state index is 13.4. The third kappa shape index (κ3) is 31.5. The summed E-state index contributed by atoms with van der Waals surface area (Å²) in [6, 6.07) is 27.2. The molecule has 608 valence electrons. The van der Waals surface area contributed by atoms with Gasteiger partial charge in [0.15, 0.2) is 0 Å². The number of nitrogens with two attached hydrogens (primary N) is 1. The van der Waals surface area contributed by atoms with Gasteiger partial charge in [0.1, 0.15) is 28.7 Å². The van der Waals surface area contributed by atoms with Crippen molar-refractivity contribution in [2.24, 2.45) is 29.4 Å². The number of likely N-dealkylation sites (tertiary alicyclic amines) is 3. The molecule has 10 heterocycles. The van der Waals surface area contributed by atoms with Gasteiger partial charge in [-0.1, -0.05) is 24.3 Å². The van der Waals surface area contributed by atoms with E-state index in [-0.39, 0.29) is 69.9 Å². The number of esters is 1. The third-order valence-corrected chi connectivity index (χ3v) is 18.3. The van der Waals surface area contributed by atoms with Crippen molar-refractivity contribution in [3.8, 4) is 22.5 Å². The number of halogens is 6. The molecule has 2 aromatic carbocycles. The van der Waals surface area contributed by atoms with E-state index in [1.165, 1.54) is 85.6 Å². The first kappa shape index (κ1) is 89.6. The van der Waals surface area contributed by atoms with E-state index in [4.69, 9.17) is 25.4 Å². The Kier molecular flexibility index (Phi) is 35.0. The molecule has 4 aliphatic rings. The second-order valence-electron chi connectivity index (χ2n) is 29.3. The van der Waals surface area contributed by atoms with Gasteiger partial charge in [0, 0.05) is 136 Å². The van der Waals surface area contributed by atoms with Crippen molar-refractivity contribution in [1.29, 1.82) is 0 Å². The minimum Gasteiger partial charge on any atom is -0.478 e. The minimum atomic E-state index is -1.15. The van der Waals surface area contributed by atoms with Crippen LogP contribution in [-0.2, 0) is 14.3 Å². The number of hydrogen-bond acceptors (Lipinski definition) is 18. The number of benzene rings is 2. The van der Waals surface area contributed by atoms with Gasteiger partial charge in [-0.05, 0) is 215 Å². The van der Waals surface area contributed by atoms with Crippen molar-refractivity contribution in [3.63, 3.8) is 0 Å². The topological polar surface area (TPSA) is 345 Å². The molecule has 0 aliphatic carbocycles. The summed E-state index contributed by atoms with van der Waals surface area (Å²) in [5, 5.41) is 26.0. The number of carbonyl (C=O) groups excluding carboxylic acids is 6. The fourth-order valence-corrected chi connectivity index (χ4v) is 12.2. The van der Waals surface area contributed by atoms with E-state index in [0.29, 0.717) is 116 Å². The Morgan fingerprint density at radius 1 is 0.456 bits per heavy atom. The van der Waals surface area contributed by atoms with Gasteiger partial charge in [0.25, 0.3) is 23.6 Å². The normalized spacial score (nSPS) is 14.6. The number of piperidine rings is 4. The summed E-state index contributed by atoms with van der Waals surface area (Å²) in [5.74, 6) is -4.61. The molecule has 0 saturated carbocycles. The molecule has 0 spiro atoms. The number of carboxylic acid groups (broad SMARTS) is 2. The molecule has 0 bridgehead atoms. The molecule has 5 amide bonds. The van der Waals surface area contributed by atoms with Crippen LogP contribution in [0.3, 0.4) is 0 Å². The van der Waals surface area contributed by atoms with Gasteiger partial charge in [-0.3, -0.25) is 38.9 Å². The van der Waals surface area contributed by atoms with Crippen LogP contribution in [0.2, 0.25) is 0 Å². The van der Waals surface area contributed by atoms with Crippen molar-refractivity contribution in [2.45, 2.75) is 117 Å². The Labute approximate surface area is 657 Å². The summed E-state index contributed by atoms with van der Waals surface area (Å²) in [6.45, 7) is 18.9. The number of carbonyl (C=O) groups is 8. The van der Waals surface area contributed by atoms with E-state index < -0.39 is 46.8 Å². The molecular formula is C83H97F6N13O12. The fraction of sp³-hybridized carbons (Fsp3) is 0.398. The number of alkyl carbamates (subject to hydrolysis) is 1. The van der Waals surface area contributed by atoms with Gasteiger partial charge < -0.3 is 56.1 Å². The van der Waals surface area contributed by atoms with Crippen LogP contribution in [0.1, 0.15) is 168 Å². The van der Waals surface area contributed by atoms with Gasteiger partial charge in [-0.15, -0.1) is 0 Å². The van der Waals surface area contributed by atoms with E-state index in [1.54, 1.807) is 63.2 Å². The number of nitrogens with zero attached hydrogens (tertiary/aromatic N) is 9. The fourth-order valence-electron chi connectivity index (χ4n) is 12.2. The summed E-state index contributed by atoms with van der Waals surface area (Å²) >= 11 is 0. The number of nitrogens with one attached hydrogen (secondary N) is 3. The van der Waals surface area contributed by atoms with Crippen LogP contribution < -0.4 is 21.7 Å². The predicted molar refractivity (Wildman–Crippen MR) is 412 cm³/mol. The van der Waals surface area contributed by atoms with E-state index in [0.717, 1.165) is 102 Å². The zero-order valence-corrected chi connectivity index (χ0v) is 64.5. The molecule has 4 fully saturated rings. The first-order valence-electron chi connectivity index (χ1n) is 37.4. The molecule has 8 aromatic rings. The number of aromatic nitrogens is 6. The van der Waals surface area contributed by atoms with Crippen LogP contribution in [0.4, 0.5) is 31.1 Å². The largest absolute Gasteiger partial charge is 0.478 e. The summed E-state index contributed by atoms with van der Waals surface area (Å²) < 4.78 is 88.3. The quantitative estimate of drug-likeness (QED) is 0.0297. The maximum Gasteiger partial charge on any atom is 0.407 e. The SMILES string of the molecule is CC(C)(C)OC(=O)CCC1CCN(C(=O)c2ccnc(F)c2)CC1.CC(C)(C)OC(=O)NCC1CCNCC1.NCC1CCN(C(=O)c2ccnc(F)c2)CC1.O=C(NCC1CCN(C(=O)c2cncc(F)c2)CC1)c1ccc(-c2cccc(F)c2)nc1.O=C(O)c1ccc(-c2cccc(F)c2)nc1.O=C(O)c1ccnc(F)c1. The molecule has 0 unspecified atom stereocenters. The highest BCUT2D eigenvalue weighted by Crippen LogP contribution is 2.27. The number of hydrogen-bond donors (Lipinski definition) is 6. The van der Waals surface area contributed by atoms with Gasteiger partial charge >= 0.3 is 24.0 Å². The lowest BCUT2D eigenvalue weighted by molar-refractivity contribution is -0.155. The molecule has 12 rings (SSSR count). The standard InChI is InChI=1S/C24H22F2N4O2.C18H25FN2O3.C12H16FN3O.C12H8FNO2.C11H22N2O2.C6H4FNO2/c25-20-3-1-2-17(10-20)22-5-4-18(14-28-22)23(31)29-12-16-6-8-30(9-7-16)24(32)19-11-21(26)15-27-13-19;1-18(2,3)24-16(22)5-4-13-7-10-21(11-8-13)17(23)14-6-9-20-15(19)12-14;13-11-7-10(1-4-15-11)12(17)16-5-2-9(8-14)3-6-16;13-10-3-1-2-8(6-10)11-5-4-9(7-14-11)12(15)16;1-11(2,3)15-10(14)13-8-9-4-6-12-7-5-9;7-5-3-4(6(9)10)1-2-8-5/h1-5,10-11,13-16H,6-9,12H2,(H,29,31);6,9,12-13H,4-5,7-8,10-11H2,1-3H3;1,4,7,9H,2-3,5-6,8,14H2;1-7H,(H,15,16);9,12H,4-8H2,1-3H3,(H,13,14);1-3H,(H,9,10). The van der Waals surface area contributed by atoms with Crippen LogP contribution in [0.5, 0.6) is 0 Å². The van der Waals surface area contributed by atoms with Gasteiger partial charge in [0.05, 0.1) is 39.8 Å². The van der Waals surface area contributed by atoms with Crippen LogP contribution in [0, 0.1) is 59.0 Å². The predicted octanol–water partition coefficient (Wildman–Crippen LogP) is 12.9. The molecule has 25 nitrogen and oxygen atoms in total. The van der Waals surface area contributed by atoms with Crippen LogP contribution in [0.25, 0.3) is 22.5 Å². The lowest BCUT2D eigenvalue weighted by Crippen LogP contribution is -2.41. The number of aromatic carboxylic acids is 2. The molecule has 7 N–H and O–H groups in total. The average molecular weight is 1580 g/mol. The van der Waals surface area contributed by atoms with E-state index in [1.807, 2.05) is 41.5 Å². The average Bonchev–Trinajstić information content (AvgIpc) is 0.857. The highest BCUT2D eigenvalue weighted by molar-refractivity contribution is 5.96. The Hall–Kier alpha value is -11.6. The summed E-state index contributed by atoms with van der Waals surface area (Å²) in [7, 11) is 0. The Morgan fingerprint density at radius 2 is 0.886 bits per heavy atom. The molecule has 6 aromatic heterocycles. The monoisotopic (exact) mass is 1580 g/mol. The van der Waals surface area contributed by atoms with E-state index >= 15 is 0 Å². The number of pyridine rings is 6. The lowest BCUT2D eigenvalue weighted by Gasteiger charge is -2.32. The zero-order valence-electron chi connectivity index (χ0n) is 64.5. The van der Waals surface area contributed by atoms with Gasteiger partial charge in [0.2, 0.25) is 17.8 Å². The Bertz CT molecular complexity index is 4470. The lowest BCUT2D eigenvalue weighted by atomic mass is 9.92. The Morgan fingerprint density at radius 3 is 1.31 bits per heavy atom. The zero-order chi connectivity index (χ0) is 82.9. The van der Waals surface area contributed by atoms with Gasteiger partial charge in [-0.25, -0.2) is 42.5 Å². The molecule has 31 heteroatoms. The second-order valence-corrected chi connectivity index (χ2v) is 29.3. The first-order chi connectivity index (χ1) is 54.3.